The van der Waals surface area contributed by atoms with Crippen LogP contribution in [0.15, 0.2) is 36.4 Å². The van der Waals surface area contributed by atoms with Crippen LogP contribution in [0.3, 0.4) is 0 Å². The average Bonchev–Trinajstić information content (AvgIpc) is 2.69. The summed E-state index contributed by atoms with van der Waals surface area (Å²) in [5.41, 5.74) is 3.28. The summed E-state index contributed by atoms with van der Waals surface area (Å²) >= 11 is 0. The molecule has 0 fully saturated rings. The molecular weight excluding hydrogens is 224 g/mol. The van der Waals surface area contributed by atoms with Gasteiger partial charge in [0.05, 0.1) is 11.8 Å². The molecule has 0 saturated carbocycles. The standard InChI is InChI=1S/C15H20N2O/c1-12-11-14(17(2)16-12)9-6-10-15(18)13-7-4-3-5-8-13/h3-5,7-8,11,15,18H,6,9-10H2,1-2H3. The van der Waals surface area contributed by atoms with E-state index < -0.39 is 0 Å². The monoisotopic (exact) mass is 244 g/mol. The van der Waals surface area contributed by atoms with Gasteiger partial charge in [0.25, 0.3) is 0 Å². The molecule has 96 valence electrons. The molecule has 0 spiro atoms. The number of hydrogen-bond acceptors (Lipinski definition) is 2. The normalized spacial score (nSPS) is 12.6. The van der Waals surface area contributed by atoms with Gasteiger partial charge in [-0.05, 0) is 37.8 Å². The first-order valence-corrected chi connectivity index (χ1v) is 6.39. The predicted octanol–water partition coefficient (Wildman–Crippen LogP) is 2.78. The Balaban J connectivity index is 1.84. The van der Waals surface area contributed by atoms with Crippen LogP contribution in [0, 0.1) is 6.92 Å². The van der Waals surface area contributed by atoms with E-state index in [1.165, 1.54) is 5.69 Å². The van der Waals surface area contributed by atoms with Crippen molar-refractivity contribution in [2.45, 2.75) is 32.3 Å². The molecule has 2 aromatic rings. The largest absolute Gasteiger partial charge is 0.388 e. The Bertz CT molecular complexity index is 490. The molecule has 0 saturated heterocycles. The molecule has 0 aliphatic carbocycles. The molecule has 1 aromatic carbocycles. The number of aliphatic hydroxyl groups is 1. The summed E-state index contributed by atoms with van der Waals surface area (Å²) in [6.07, 6.45) is 2.35. The van der Waals surface area contributed by atoms with Gasteiger partial charge in [-0.15, -0.1) is 0 Å². The maximum absolute atomic E-state index is 10.1. The van der Waals surface area contributed by atoms with Crippen molar-refractivity contribution in [2.24, 2.45) is 7.05 Å². The van der Waals surface area contributed by atoms with Crippen LogP contribution in [0.5, 0.6) is 0 Å². The lowest BCUT2D eigenvalue weighted by molar-refractivity contribution is 0.164. The van der Waals surface area contributed by atoms with Crippen LogP contribution in [0.2, 0.25) is 0 Å². The summed E-state index contributed by atoms with van der Waals surface area (Å²) < 4.78 is 1.92. The summed E-state index contributed by atoms with van der Waals surface area (Å²) in [6.45, 7) is 2.00. The molecule has 0 aliphatic rings. The smallest absolute Gasteiger partial charge is 0.0790 e. The zero-order valence-electron chi connectivity index (χ0n) is 11.0. The molecule has 1 atom stereocenters. The molecule has 1 N–H and O–H groups in total. The summed E-state index contributed by atoms with van der Waals surface area (Å²) in [5, 5.41) is 14.4. The zero-order chi connectivity index (χ0) is 13.0. The summed E-state index contributed by atoms with van der Waals surface area (Å²) in [7, 11) is 1.97. The van der Waals surface area contributed by atoms with Crippen molar-refractivity contribution in [1.82, 2.24) is 9.78 Å². The van der Waals surface area contributed by atoms with Gasteiger partial charge in [0, 0.05) is 12.7 Å². The highest BCUT2D eigenvalue weighted by molar-refractivity contribution is 5.17. The Kier molecular flexibility index (Phi) is 4.15. The maximum Gasteiger partial charge on any atom is 0.0790 e. The van der Waals surface area contributed by atoms with Crippen molar-refractivity contribution >= 4 is 0 Å². The quantitative estimate of drug-likeness (QED) is 0.878. The summed E-state index contributed by atoms with van der Waals surface area (Å²) in [5.74, 6) is 0. The lowest BCUT2D eigenvalue weighted by atomic mass is 10.0. The third kappa shape index (κ3) is 3.20. The molecule has 3 nitrogen and oxygen atoms in total. The molecule has 1 aromatic heterocycles. The van der Waals surface area contributed by atoms with E-state index in [0.29, 0.717) is 0 Å². The Morgan fingerprint density at radius 1 is 1.28 bits per heavy atom. The topological polar surface area (TPSA) is 38.0 Å². The minimum absolute atomic E-state index is 0.361. The fraction of sp³-hybridized carbons (Fsp3) is 0.400. The Morgan fingerprint density at radius 2 is 2.00 bits per heavy atom. The van der Waals surface area contributed by atoms with Crippen LogP contribution in [0.4, 0.5) is 0 Å². The maximum atomic E-state index is 10.1. The Morgan fingerprint density at radius 3 is 2.61 bits per heavy atom. The van der Waals surface area contributed by atoms with Crippen molar-refractivity contribution in [3.63, 3.8) is 0 Å². The SMILES string of the molecule is Cc1cc(CCCC(O)c2ccccc2)n(C)n1. The summed E-state index contributed by atoms with van der Waals surface area (Å²) in [6, 6.07) is 11.9. The van der Waals surface area contributed by atoms with E-state index in [4.69, 9.17) is 0 Å². The first-order valence-electron chi connectivity index (χ1n) is 6.39. The molecule has 18 heavy (non-hydrogen) atoms. The van der Waals surface area contributed by atoms with Crippen LogP contribution >= 0.6 is 0 Å². The number of benzene rings is 1. The van der Waals surface area contributed by atoms with E-state index in [1.54, 1.807) is 0 Å². The number of rotatable bonds is 5. The van der Waals surface area contributed by atoms with Gasteiger partial charge in [-0.2, -0.15) is 5.10 Å². The molecule has 3 heteroatoms. The van der Waals surface area contributed by atoms with Crippen LogP contribution in [-0.2, 0) is 13.5 Å². The number of nitrogens with zero attached hydrogens (tertiary/aromatic N) is 2. The number of aliphatic hydroxyl groups excluding tert-OH is 1. The van der Waals surface area contributed by atoms with Gasteiger partial charge < -0.3 is 5.11 Å². The van der Waals surface area contributed by atoms with Crippen molar-refractivity contribution in [3.8, 4) is 0 Å². The number of aromatic nitrogens is 2. The highest BCUT2D eigenvalue weighted by atomic mass is 16.3. The number of aryl methyl sites for hydroxylation is 3. The molecule has 0 radical (unpaired) electrons. The minimum atomic E-state index is -0.361. The number of hydrogen-bond donors (Lipinski definition) is 1. The van der Waals surface area contributed by atoms with Crippen molar-refractivity contribution < 1.29 is 5.11 Å². The van der Waals surface area contributed by atoms with Crippen LogP contribution in [0.1, 0.15) is 35.9 Å². The first-order chi connectivity index (χ1) is 8.66. The molecule has 1 heterocycles. The molecule has 2 rings (SSSR count). The third-order valence-electron chi connectivity index (χ3n) is 3.19. The van der Waals surface area contributed by atoms with E-state index in [9.17, 15) is 5.11 Å². The lowest BCUT2D eigenvalue weighted by Crippen LogP contribution is -2.01. The summed E-state index contributed by atoms with van der Waals surface area (Å²) in [4.78, 5) is 0. The Hall–Kier alpha value is -1.61. The zero-order valence-corrected chi connectivity index (χ0v) is 11.0. The van der Waals surface area contributed by atoms with E-state index >= 15 is 0 Å². The van der Waals surface area contributed by atoms with E-state index in [-0.39, 0.29) is 6.10 Å². The van der Waals surface area contributed by atoms with Crippen LogP contribution in [-0.4, -0.2) is 14.9 Å². The fourth-order valence-electron chi connectivity index (χ4n) is 2.22. The van der Waals surface area contributed by atoms with Crippen LogP contribution < -0.4 is 0 Å². The van der Waals surface area contributed by atoms with Gasteiger partial charge in [0.1, 0.15) is 0 Å². The highest BCUT2D eigenvalue weighted by Crippen LogP contribution is 2.19. The van der Waals surface area contributed by atoms with Gasteiger partial charge in [0.2, 0.25) is 0 Å². The van der Waals surface area contributed by atoms with Crippen molar-refractivity contribution in [1.29, 1.82) is 0 Å². The van der Waals surface area contributed by atoms with Gasteiger partial charge in [0.15, 0.2) is 0 Å². The average molecular weight is 244 g/mol. The molecule has 1 unspecified atom stereocenters. The fourth-order valence-corrected chi connectivity index (χ4v) is 2.22. The Labute approximate surface area is 108 Å². The van der Waals surface area contributed by atoms with Crippen molar-refractivity contribution in [3.05, 3.63) is 53.3 Å². The van der Waals surface area contributed by atoms with Crippen molar-refractivity contribution in [2.75, 3.05) is 0 Å². The molecule has 0 bridgehead atoms. The van der Waals surface area contributed by atoms with E-state index in [0.717, 1.165) is 30.5 Å². The highest BCUT2D eigenvalue weighted by Gasteiger charge is 2.08. The lowest BCUT2D eigenvalue weighted by Gasteiger charge is -2.10. The van der Waals surface area contributed by atoms with E-state index in [2.05, 4.69) is 11.2 Å². The van der Waals surface area contributed by atoms with E-state index in [1.807, 2.05) is 49.0 Å². The second-order valence-electron chi connectivity index (χ2n) is 4.72. The molecule has 0 amide bonds. The molecule has 0 aliphatic heterocycles. The van der Waals surface area contributed by atoms with Gasteiger partial charge in [-0.3, -0.25) is 4.68 Å². The molecular formula is C15H20N2O. The van der Waals surface area contributed by atoms with Gasteiger partial charge in [-0.1, -0.05) is 30.3 Å². The minimum Gasteiger partial charge on any atom is -0.388 e. The van der Waals surface area contributed by atoms with Crippen LogP contribution in [0.25, 0.3) is 0 Å². The third-order valence-corrected chi connectivity index (χ3v) is 3.19. The second-order valence-corrected chi connectivity index (χ2v) is 4.72. The second kappa shape index (κ2) is 5.83. The van der Waals surface area contributed by atoms with Gasteiger partial charge in [-0.25, -0.2) is 0 Å². The first kappa shape index (κ1) is 12.8. The van der Waals surface area contributed by atoms with Gasteiger partial charge >= 0.3 is 0 Å². The predicted molar refractivity (Wildman–Crippen MR) is 72.3 cm³/mol.